The highest BCUT2D eigenvalue weighted by Crippen LogP contribution is 2.32. The van der Waals surface area contributed by atoms with Crippen LogP contribution in [0, 0.1) is 18.8 Å². The third-order valence-electron chi connectivity index (χ3n) is 4.13. The number of nitroso groups, excluding NO2 is 1. The molecule has 120 valence electrons. The van der Waals surface area contributed by atoms with Gasteiger partial charge in [0.25, 0.3) is 0 Å². The summed E-state index contributed by atoms with van der Waals surface area (Å²) in [4.78, 5) is 15.4. The normalized spacial score (nSPS) is 14.9. The molecule has 0 atom stereocenters. The summed E-state index contributed by atoms with van der Waals surface area (Å²) < 4.78 is 0. The third-order valence-corrected chi connectivity index (χ3v) is 5.32. The lowest BCUT2D eigenvalue weighted by molar-refractivity contribution is 0.267. The Morgan fingerprint density at radius 1 is 0.957 bits per heavy atom. The summed E-state index contributed by atoms with van der Waals surface area (Å²) in [6, 6.07) is 15.2. The summed E-state index contributed by atoms with van der Waals surface area (Å²) in [5, 5.41) is 4.59. The van der Waals surface area contributed by atoms with Crippen LogP contribution in [0.4, 0.5) is 5.69 Å². The maximum Gasteiger partial charge on any atom is 0.0568 e. The molecule has 5 heteroatoms. The summed E-state index contributed by atoms with van der Waals surface area (Å²) in [5.41, 5.74) is 3.82. The van der Waals surface area contributed by atoms with Crippen molar-refractivity contribution in [3.05, 3.63) is 58.5 Å². The Morgan fingerprint density at radius 3 is 2.26 bits per heavy atom. The zero-order valence-corrected chi connectivity index (χ0v) is 14.3. The smallest absolute Gasteiger partial charge is 0.0568 e. The molecule has 0 N–H and O–H groups in total. The number of hydrogen-bond donors (Lipinski definition) is 0. The molecule has 23 heavy (non-hydrogen) atoms. The van der Waals surface area contributed by atoms with Crippen LogP contribution < -0.4 is 4.90 Å². The zero-order valence-electron chi connectivity index (χ0n) is 13.5. The van der Waals surface area contributed by atoms with E-state index in [4.69, 9.17) is 0 Å². The van der Waals surface area contributed by atoms with Gasteiger partial charge in [0.1, 0.15) is 0 Å². The summed E-state index contributed by atoms with van der Waals surface area (Å²) >= 11 is 1.80. The molecule has 0 radical (unpaired) electrons. The van der Waals surface area contributed by atoms with E-state index in [2.05, 4.69) is 66.5 Å². The second-order valence-corrected chi connectivity index (χ2v) is 7.00. The van der Waals surface area contributed by atoms with Crippen molar-refractivity contribution in [2.24, 2.45) is 5.29 Å². The molecule has 3 rings (SSSR count). The van der Waals surface area contributed by atoms with Gasteiger partial charge in [-0.25, -0.2) is 0 Å². The molecule has 0 bridgehead atoms. The van der Waals surface area contributed by atoms with Gasteiger partial charge in [0.2, 0.25) is 0 Å². The monoisotopic (exact) mass is 327 g/mol. The molecule has 0 saturated carbocycles. The standard InChI is InChI=1S/C18H21N3OS/c1-14-3-8-18(15(2)13-14)23-17-6-4-16(5-7-17)20-9-11-21(19-22)12-10-20/h3-8,13H,9-12H2,1-2H3. The quantitative estimate of drug-likeness (QED) is 0.786. The van der Waals surface area contributed by atoms with E-state index in [1.807, 2.05) is 0 Å². The Labute approximate surface area is 141 Å². The predicted octanol–water partition coefficient (Wildman–Crippen LogP) is 4.26. The molecule has 1 aliphatic rings. The lowest BCUT2D eigenvalue weighted by atomic mass is 10.2. The Kier molecular flexibility index (Phi) is 4.86. The van der Waals surface area contributed by atoms with E-state index in [9.17, 15) is 4.91 Å². The van der Waals surface area contributed by atoms with Crippen molar-refractivity contribution in [2.45, 2.75) is 23.6 Å². The van der Waals surface area contributed by atoms with Gasteiger partial charge in [0.15, 0.2) is 0 Å². The van der Waals surface area contributed by atoms with E-state index in [1.54, 1.807) is 16.8 Å². The number of aryl methyl sites for hydroxylation is 2. The van der Waals surface area contributed by atoms with Crippen molar-refractivity contribution >= 4 is 17.4 Å². The SMILES string of the molecule is Cc1ccc(Sc2ccc(N3CCN(N=O)CC3)cc2)c(C)c1. The van der Waals surface area contributed by atoms with Gasteiger partial charge in [0, 0.05) is 28.6 Å². The Hall–Kier alpha value is -2.01. The minimum absolute atomic E-state index is 0.697. The number of anilines is 1. The molecular formula is C18H21N3OS. The van der Waals surface area contributed by atoms with Crippen molar-refractivity contribution in [3.8, 4) is 0 Å². The zero-order chi connectivity index (χ0) is 16.2. The van der Waals surface area contributed by atoms with Crippen LogP contribution in [0.5, 0.6) is 0 Å². The van der Waals surface area contributed by atoms with Crippen molar-refractivity contribution in [3.63, 3.8) is 0 Å². The predicted molar refractivity (Wildman–Crippen MR) is 96.1 cm³/mol. The van der Waals surface area contributed by atoms with Gasteiger partial charge in [-0.05, 0) is 49.7 Å². The Morgan fingerprint density at radius 2 is 1.65 bits per heavy atom. The summed E-state index contributed by atoms with van der Waals surface area (Å²) in [6.45, 7) is 7.36. The van der Waals surface area contributed by atoms with Gasteiger partial charge in [-0.15, -0.1) is 4.91 Å². The lowest BCUT2D eigenvalue weighted by Crippen LogP contribution is -2.43. The number of nitrogens with zero attached hydrogens (tertiary/aromatic N) is 3. The molecule has 1 aliphatic heterocycles. The lowest BCUT2D eigenvalue weighted by Gasteiger charge is -2.32. The van der Waals surface area contributed by atoms with Crippen molar-refractivity contribution in [2.75, 3.05) is 31.1 Å². The van der Waals surface area contributed by atoms with Gasteiger partial charge in [-0.1, -0.05) is 29.5 Å². The van der Waals surface area contributed by atoms with Crippen LogP contribution in [0.2, 0.25) is 0 Å². The van der Waals surface area contributed by atoms with Crippen LogP contribution in [0.3, 0.4) is 0 Å². The Balaban J connectivity index is 1.66. The average Bonchev–Trinajstić information content (AvgIpc) is 2.58. The fourth-order valence-electron chi connectivity index (χ4n) is 2.80. The minimum Gasteiger partial charge on any atom is -0.368 e. The van der Waals surface area contributed by atoms with Crippen LogP contribution in [0.15, 0.2) is 57.5 Å². The van der Waals surface area contributed by atoms with Crippen LogP contribution in [-0.4, -0.2) is 31.2 Å². The molecule has 0 unspecified atom stereocenters. The maximum atomic E-state index is 10.5. The van der Waals surface area contributed by atoms with Crippen LogP contribution in [0.1, 0.15) is 11.1 Å². The van der Waals surface area contributed by atoms with Crippen molar-refractivity contribution in [1.82, 2.24) is 5.01 Å². The molecule has 0 spiro atoms. The van der Waals surface area contributed by atoms with E-state index in [1.165, 1.54) is 26.6 Å². The van der Waals surface area contributed by atoms with Gasteiger partial charge in [-0.2, -0.15) is 0 Å². The topological polar surface area (TPSA) is 35.9 Å². The molecule has 0 amide bonds. The first kappa shape index (κ1) is 15.9. The summed E-state index contributed by atoms with van der Waals surface area (Å²) in [6.07, 6.45) is 0. The van der Waals surface area contributed by atoms with Gasteiger partial charge in [0.05, 0.1) is 18.4 Å². The van der Waals surface area contributed by atoms with Gasteiger partial charge in [-0.3, -0.25) is 5.01 Å². The fourth-order valence-corrected chi connectivity index (χ4v) is 3.68. The van der Waals surface area contributed by atoms with E-state index in [0.29, 0.717) is 13.1 Å². The molecule has 1 saturated heterocycles. The first-order valence-corrected chi connectivity index (χ1v) is 8.66. The maximum absolute atomic E-state index is 10.5. The fraction of sp³-hybridized carbons (Fsp3) is 0.333. The molecule has 1 fully saturated rings. The molecule has 4 nitrogen and oxygen atoms in total. The number of piperazine rings is 1. The third kappa shape index (κ3) is 3.85. The molecule has 2 aromatic carbocycles. The van der Waals surface area contributed by atoms with Crippen LogP contribution in [0.25, 0.3) is 0 Å². The molecule has 0 aromatic heterocycles. The number of rotatable bonds is 4. The highest BCUT2D eigenvalue weighted by atomic mass is 32.2. The minimum atomic E-state index is 0.697. The van der Waals surface area contributed by atoms with E-state index in [-0.39, 0.29) is 0 Å². The first-order chi connectivity index (χ1) is 11.2. The Bertz CT molecular complexity index is 679. The van der Waals surface area contributed by atoms with E-state index < -0.39 is 0 Å². The molecule has 0 aliphatic carbocycles. The largest absolute Gasteiger partial charge is 0.368 e. The highest BCUT2D eigenvalue weighted by Gasteiger charge is 2.16. The number of benzene rings is 2. The van der Waals surface area contributed by atoms with Gasteiger partial charge < -0.3 is 4.90 Å². The van der Waals surface area contributed by atoms with Crippen LogP contribution in [-0.2, 0) is 0 Å². The van der Waals surface area contributed by atoms with E-state index >= 15 is 0 Å². The van der Waals surface area contributed by atoms with Crippen LogP contribution >= 0.6 is 11.8 Å². The summed E-state index contributed by atoms with van der Waals surface area (Å²) in [7, 11) is 0. The van der Waals surface area contributed by atoms with E-state index in [0.717, 1.165) is 13.1 Å². The summed E-state index contributed by atoms with van der Waals surface area (Å²) in [5.74, 6) is 0. The van der Waals surface area contributed by atoms with Gasteiger partial charge >= 0.3 is 0 Å². The second-order valence-electron chi connectivity index (χ2n) is 5.89. The molecule has 1 heterocycles. The highest BCUT2D eigenvalue weighted by molar-refractivity contribution is 7.99. The first-order valence-electron chi connectivity index (χ1n) is 7.84. The number of hydrogen-bond acceptors (Lipinski definition) is 4. The second kappa shape index (κ2) is 7.04. The molecular weight excluding hydrogens is 306 g/mol. The van der Waals surface area contributed by atoms with Crippen molar-refractivity contribution in [1.29, 1.82) is 0 Å². The molecule has 2 aromatic rings. The average molecular weight is 327 g/mol. The van der Waals surface area contributed by atoms with Crippen molar-refractivity contribution < 1.29 is 0 Å².